The molecular formula is C19H17ClN2O2. The summed E-state index contributed by atoms with van der Waals surface area (Å²) in [6.07, 6.45) is 3.02. The van der Waals surface area contributed by atoms with Gasteiger partial charge in [0.25, 0.3) is 5.91 Å². The van der Waals surface area contributed by atoms with Gasteiger partial charge in [-0.1, -0.05) is 41.9 Å². The van der Waals surface area contributed by atoms with E-state index in [1.807, 2.05) is 65.5 Å². The van der Waals surface area contributed by atoms with Gasteiger partial charge >= 0.3 is 0 Å². The highest BCUT2D eigenvalue weighted by Gasteiger charge is 2.14. The van der Waals surface area contributed by atoms with Crippen LogP contribution in [0.2, 0.25) is 5.02 Å². The molecule has 1 aromatic heterocycles. The minimum atomic E-state index is -0.762. The molecule has 0 aliphatic carbocycles. The number of amides is 1. The number of carbonyl (C=O) groups is 1. The molecule has 0 saturated carbocycles. The predicted molar refractivity (Wildman–Crippen MR) is 94.5 cm³/mol. The zero-order valence-corrected chi connectivity index (χ0v) is 13.6. The van der Waals surface area contributed by atoms with Gasteiger partial charge in [0.15, 0.2) is 0 Å². The Morgan fingerprint density at radius 3 is 2.50 bits per heavy atom. The van der Waals surface area contributed by atoms with Crippen LogP contribution in [0.15, 0.2) is 73.1 Å². The van der Waals surface area contributed by atoms with Gasteiger partial charge in [-0.3, -0.25) is 4.79 Å². The van der Waals surface area contributed by atoms with Crippen molar-refractivity contribution in [1.29, 1.82) is 0 Å². The fourth-order valence-corrected chi connectivity index (χ4v) is 2.64. The van der Waals surface area contributed by atoms with Crippen molar-refractivity contribution < 1.29 is 9.90 Å². The lowest BCUT2D eigenvalue weighted by Gasteiger charge is -2.13. The standard InChI is InChI=1S/C19H17ClN2O2/c20-17-9-8-15(22-10-4-5-11-22)12-16(17)19(24)21-13-18(23)14-6-2-1-3-7-14/h1-12,18,23H,13H2,(H,21,24)/t18-/m0/s1. The van der Waals surface area contributed by atoms with Crippen molar-refractivity contribution in [2.24, 2.45) is 0 Å². The van der Waals surface area contributed by atoms with Crippen LogP contribution in [0, 0.1) is 0 Å². The van der Waals surface area contributed by atoms with Crippen molar-refractivity contribution >= 4 is 17.5 Å². The third-order valence-corrected chi connectivity index (χ3v) is 4.07. The molecule has 0 bridgehead atoms. The van der Waals surface area contributed by atoms with Crippen molar-refractivity contribution in [3.63, 3.8) is 0 Å². The molecule has 5 heteroatoms. The SMILES string of the molecule is O=C(NC[C@H](O)c1ccccc1)c1cc(-n2cccc2)ccc1Cl. The lowest BCUT2D eigenvalue weighted by molar-refractivity contribution is 0.0916. The second kappa shape index (κ2) is 7.34. The fourth-order valence-electron chi connectivity index (χ4n) is 2.43. The minimum absolute atomic E-state index is 0.118. The molecule has 2 N–H and O–H groups in total. The number of carbonyl (C=O) groups excluding carboxylic acids is 1. The molecule has 0 aliphatic rings. The summed E-state index contributed by atoms with van der Waals surface area (Å²) in [5.74, 6) is -0.316. The van der Waals surface area contributed by atoms with Gasteiger partial charge in [-0.25, -0.2) is 0 Å². The normalized spacial score (nSPS) is 11.9. The first kappa shape index (κ1) is 16.3. The first-order valence-electron chi connectivity index (χ1n) is 7.59. The molecule has 0 spiro atoms. The van der Waals surface area contributed by atoms with Gasteiger partial charge < -0.3 is 15.0 Å². The van der Waals surface area contributed by atoms with Crippen LogP contribution in [-0.2, 0) is 0 Å². The molecule has 0 unspecified atom stereocenters. The van der Waals surface area contributed by atoms with Crippen molar-refractivity contribution in [2.45, 2.75) is 6.10 Å². The van der Waals surface area contributed by atoms with Gasteiger partial charge in [0, 0.05) is 24.6 Å². The van der Waals surface area contributed by atoms with Crippen LogP contribution in [0.25, 0.3) is 5.69 Å². The summed E-state index contributed by atoms with van der Waals surface area (Å²) in [5, 5.41) is 13.2. The Bertz CT molecular complexity index is 817. The molecule has 0 saturated heterocycles. The molecule has 3 aromatic rings. The van der Waals surface area contributed by atoms with Gasteiger partial charge in [0.1, 0.15) is 0 Å². The second-order valence-corrected chi connectivity index (χ2v) is 5.80. The monoisotopic (exact) mass is 340 g/mol. The number of halogens is 1. The quantitative estimate of drug-likeness (QED) is 0.745. The number of hydrogen-bond acceptors (Lipinski definition) is 2. The van der Waals surface area contributed by atoms with Crippen LogP contribution in [0.5, 0.6) is 0 Å². The van der Waals surface area contributed by atoms with Crippen LogP contribution >= 0.6 is 11.6 Å². The van der Waals surface area contributed by atoms with E-state index in [2.05, 4.69) is 5.32 Å². The first-order chi connectivity index (χ1) is 11.6. The zero-order chi connectivity index (χ0) is 16.9. The van der Waals surface area contributed by atoms with E-state index in [4.69, 9.17) is 11.6 Å². The van der Waals surface area contributed by atoms with Gasteiger partial charge in [0.05, 0.1) is 16.7 Å². The first-order valence-corrected chi connectivity index (χ1v) is 7.97. The number of nitrogens with one attached hydrogen (secondary N) is 1. The molecule has 1 heterocycles. The third-order valence-electron chi connectivity index (χ3n) is 3.74. The molecule has 1 atom stereocenters. The number of nitrogens with zero attached hydrogens (tertiary/aromatic N) is 1. The molecule has 0 radical (unpaired) electrons. The number of aromatic nitrogens is 1. The molecule has 24 heavy (non-hydrogen) atoms. The number of rotatable bonds is 5. The largest absolute Gasteiger partial charge is 0.387 e. The van der Waals surface area contributed by atoms with Gasteiger partial charge in [-0.2, -0.15) is 0 Å². The summed E-state index contributed by atoms with van der Waals surface area (Å²) in [6, 6.07) is 18.3. The van der Waals surface area contributed by atoms with E-state index in [1.54, 1.807) is 12.1 Å². The van der Waals surface area contributed by atoms with Crippen molar-refractivity contribution in [2.75, 3.05) is 6.54 Å². The Kier molecular flexibility index (Phi) is 4.99. The van der Waals surface area contributed by atoms with Gasteiger partial charge in [-0.15, -0.1) is 0 Å². The van der Waals surface area contributed by atoms with Crippen LogP contribution in [0.4, 0.5) is 0 Å². The van der Waals surface area contributed by atoms with E-state index in [0.717, 1.165) is 11.3 Å². The van der Waals surface area contributed by atoms with E-state index < -0.39 is 6.10 Å². The number of hydrogen-bond donors (Lipinski definition) is 2. The third kappa shape index (κ3) is 3.67. The average Bonchev–Trinajstić information content (AvgIpc) is 3.15. The predicted octanol–water partition coefficient (Wildman–Crippen LogP) is 3.59. The maximum absolute atomic E-state index is 12.4. The molecule has 3 rings (SSSR count). The van der Waals surface area contributed by atoms with Crippen LogP contribution in [0.3, 0.4) is 0 Å². The summed E-state index contributed by atoms with van der Waals surface area (Å²) < 4.78 is 1.89. The molecule has 1 amide bonds. The summed E-state index contributed by atoms with van der Waals surface area (Å²) in [6.45, 7) is 0.118. The van der Waals surface area contributed by atoms with Crippen LogP contribution < -0.4 is 5.32 Å². The molecule has 4 nitrogen and oxygen atoms in total. The van der Waals surface area contributed by atoms with Crippen LogP contribution in [0.1, 0.15) is 22.0 Å². The maximum Gasteiger partial charge on any atom is 0.252 e. The Balaban J connectivity index is 1.72. The molecular weight excluding hydrogens is 324 g/mol. The van der Waals surface area contributed by atoms with E-state index in [0.29, 0.717) is 10.6 Å². The van der Waals surface area contributed by atoms with Crippen molar-refractivity contribution in [3.05, 3.63) is 89.2 Å². The minimum Gasteiger partial charge on any atom is -0.387 e. The van der Waals surface area contributed by atoms with Gasteiger partial charge in [-0.05, 0) is 35.9 Å². The Morgan fingerprint density at radius 1 is 1.08 bits per heavy atom. The maximum atomic E-state index is 12.4. The summed E-state index contributed by atoms with van der Waals surface area (Å²) in [4.78, 5) is 12.4. The van der Waals surface area contributed by atoms with E-state index >= 15 is 0 Å². The average molecular weight is 341 g/mol. The number of benzene rings is 2. The number of aliphatic hydroxyl groups is 1. The van der Waals surface area contributed by atoms with Crippen LogP contribution in [-0.4, -0.2) is 22.1 Å². The molecule has 0 fully saturated rings. The highest BCUT2D eigenvalue weighted by Crippen LogP contribution is 2.20. The highest BCUT2D eigenvalue weighted by molar-refractivity contribution is 6.33. The summed E-state index contributed by atoms with van der Waals surface area (Å²) in [7, 11) is 0. The van der Waals surface area contributed by atoms with E-state index in [9.17, 15) is 9.90 Å². The van der Waals surface area contributed by atoms with E-state index in [-0.39, 0.29) is 12.5 Å². The fraction of sp³-hybridized carbons (Fsp3) is 0.105. The van der Waals surface area contributed by atoms with E-state index in [1.165, 1.54) is 0 Å². The molecule has 2 aromatic carbocycles. The summed E-state index contributed by atoms with van der Waals surface area (Å²) in [5.41, 5.74) is 1.98. The highest BCUT2D eigenvalue weighted by atomic mass is 35.5. The second-order valence-electron chi connectivity index (χ2n) is 5.39. The lowest BCUT2D eigenvalue weighted by Crippen LogP contribution is -2.28. The summed E-state index contributed by atoms with van der Waals surface area (Å²) >= 11 is 6.15. The Morgan fingerprint density at radius 2 is 1.79 bits per heavy atom. The van der Waals surface area contributed by atoms with Gasteiger partial charge in [0.2, 0.25) is 0 Å². The molecule has 0 aliphatic heterocycles. The van der Waals surface area contributed by atoms with Crippen molar-refractivity contribution in [1.82, 2.24) is 9.88 Å². The van der Waals surface area contributed by atoms with Crippen molar-refractivity contribution in [3.8, 4) is 5.69 Å². The lowest BCUT2D eigenvalue weighted by atomic mass is 10.1. The Hall–Kier alpha value is -2.56. The smallest absolute Gasteiger partial charge is 0.252 e. The number of aliphatic hydroxyl groups excluding tert-OH is 1. The Labute approximate surface area is 145 Å². The zero-order valence-electron chi connectivity index (χ0n) is 12.9. The topological polar surface area (TPSA) is 54.3 Å². The molecule has 122 valence electrons.